The van der Waals surface area contributed by atoms with Crippen molar-refractivity contribution in [2.24, 2.45) is 0 Å². The third-order valence-corrected chi connectivity index (χ3v) is 3.12. The highest BCUT2D eigenvalue weighted by molar-refractivity contribution is 5.91. The van der Waals surface area contributed by atoms with Crippen molar-refractivity contribution >= 4 is 23.0 Å². The van der Waals surface area contributed by atoms with Crippen LogP contribution in [0.2, 0.25) is 0 Å². The number of fused-ring (bicyclic) bond motifs is 1. The van der Waals surface area contributed by atoms with Gasteiger partial charge in [0.05, 0.1) is 23.7 Å². The molecule has 0 aliphatic heterocycles. The van der Waals surface area contributed by atoms with E-state index < -0.39 is 0 Å². The number of pyridine rings is 1. The van der Waals surface area contributed by atoms with E-state index in [0.717, 1.165) is 17.2 Å². The zero-order chi connectivity index (χ0) is 13.1. The number of benzene rings is 1. The Morgan fingerprint density at radius 3 is 2.83 bits per heavy atom. The van der Waals surface area contributed by atoms with E-state index in [0.29, 0.717) is 11.4 Å². The average molecular weight is 244 g/mol. The van der Waals surface area contributed by atoms with Gasteiger partial charge < -0.3 is 10.0 Å². The summed E-state index contributed by atoms with van der Waals surface area (Å²) in [5, 5.41) is 10.1. The van der Waals surface area contributed by atoms with E-state index in [1.807, 2.05) is 49.2 Å². The molecule has 0 bridgehead atoms. The molecule has 1 heterocycles. The molecule has 0 saturated carbocycles. The monoisotopic (exact) mass is 244 g/mol. The van der Waals surface area contributed by atoms with Gasteiger partial charge in [-0.15, -0.1) is 0 Å². The summed E-state index contributed by atoms with van der Waals surface area (Å²) < 4.78 is 0. The number of aliphatic hydroxyl groups excluding tert-OH is 1. The minimum Gasteiger partial charge on any atom is -0.394 e. The van der Waals surface area contributed by atoms with Crippen molar-refractivity contribution in [2.75, 3.05) is 18.6 Å². The molecule has 4 heteroatoms. The molecule has 1 N–H and O–H groups in total. The van der Waals surface area contributed by atoms with Gasteiger partial charge in [0.1, 0.15) is 5.82 Å². The van der Waals surface area contributed by atoms with Crippen LogP contribution in [0.1, 0.15) is 17.3 Å². The van der Waals surface area contributed by atoms with Gasteiger partial charge in [0, 0.05) is 12.4 Å². The second-order valence-corrected chi connectivity index (χ2v) is 4.35. The number of carbonyl (C=O) groups is 1. The maximum atomic E-state index is 11.2. The first-order valence-electron chi connectivity index (χ1n) is 5.86. The normalized spacial score (nSPS) is 12.4. The first kappa shape index (κ1) is 12.5. The molecule has 2 aromatic rings. The number of aldehydes is 1. The Balaban J connectivity index is 2.57. The molecule has 0 fully saturated rings. The third kappa shape index (κ3) is 2.19. The van der Waals surface area contributed by atoms with E-state index >= 15 is 0 Å². The van der Waals surface area contributed by atoms with Crippen molar-refractivity contribution in [1.82, 2.24) is 4.98 Å². The Bertz CT molecular complexity index is 569. The Labute approximate surface area is 106 Å². The summed E-state index contributed by atoms with van der Waals surface area (Å²) in [5.74, 6) is 0.602. The van der Waals surface area contributed by atoms with Gasteiger partial charge in [-0.2, -0.15) is 0 Å². The number of anilines is 1. The fraction of sp³-hybridized carbons (Fsp3) is 0.286. The van der Waals surface area contributed by atoms with Gasteiger partial charge in [-0.3, -0.25) is 4.79 Å². The lowest BCUT2D eigenvalue weighted by molar-refractivity contribution is 0.112. The number of nitrogens with zero attached hydrogens (tertiary/aromatic N) is 2. The van der Waals surface area contributed by atoms with Crippen LogP contribution in [0, 0.1) is 0 Å². The van der Waals surface area contributed by atoms with Crippen molar-refractivity contribution in [3.63, 3.8) is 0 Å². The van der Waals surface area contributed by atoms with E-state index in [9.17, 15) is 9.90 Å². The second-order valence-electron chi connectivity index (χ2n) is 4.35. The molecule has 94 valence electrons. The number of aromatic nitrogens is 1. The summed E-state index contributed by atoms with van der Waals surface area (Å²) in [6, 6.07) is 9.40. The van der Waals surface area contributed by atoms with Crippen LogP contribution in [0.25, 0.3) is 10.9 Å². The van der Waals surface area contributed by atoms with Crippen LogP contribution < -0.4 is 4.90 Å². The van der Waals surface area contributed by atoms with Crippen molar-refractivity contribution in [3.05, 3.63) is 35.9 Å². The summed E-state index contributed by atoms with van der Waals surface area (Å²) in [7, 11) is 1.82. The first-order valence-corrected chi connectivity index (χ1v) is 5.86. The smallest absolute Gasteiger partial charge is 0.153 e. The molecule has 2 rings (SSSR count). The van der Waals surface area contributed by atoms with Gasteiger partial charge in [0.2, 0.25) is 0 Å². The molecule has 0 radical (unpaired) electrons. The van der Waals surface area contributed by atoms with Crippen LogP contribution in [-0.2, 0) is 0 Å². The molecule has 0 amide bonds. The fourth-order valence-corrected chi connectivity index (χ4v) is 1.82. The van der Waals surface area contributed by atoms with Crippen LogP contribution in [0.15, 0.2) is 30.3 Å². The Morgan fingerprint density at radius 1 is 1.44 bits per heavy atom. The topological polar surface area (TPSA) is 53.4 Å². The lowest BCUT2D eigenvalue weighted by atomic mass is 10.1. The lowest BCUT2D eigenvalue weighted by Gasteiger charge is -2.25. The van der Waals surface area contributed by atoms with E-state index in [2.05, 4.69) is 4.98 Å². The number of para-hydroxylation sites is 1. The summed E-state index contributed by atoms with van der Waals surface area (Å²) >= 11 is 0. The summed E-state index contributed by atoms with van der Waals surface area (Å²) in [6.45, 7) is 1.90. The first-order chi connectivity index (χ1) is 8.67. The highest BCUT2D eigenvalue weighted by Crippen LogP contribution is 2.22. The van der Waals surface area contributed by atoms with Crippen molar-refractivity contribution in [1.29, 1.82) is 0 Å². The average Bonchev–Trinajstić information content (AvgIpc) is 2.44. The molecule has 1 aromatic heterocycles. The van der Waals surface area contributed by atoms with Crippen molar-refractivity contribution < 1.29 is 9.90 Å². The zero-order valence-electron chi connectivity index (χ0n) is 10.5. The fourth-order valence-electron chi connectivity index (χ4n) is 1.82. The van der Waals surface area contributed by atoms with Crippen LogP contribution in [-0.4, -0.2) is 36.1 Å². The third-order valence-electron chi connectivity index (χ3n) is 3.12. The minimum atomic E-state index is -0.0858. The van der Waals surface area contributed by atoms with E-state index in [1.54, 1.807) is 0 Å². The van der Waals surface area contributed by atoms with Gasteiger partial charge in [-0.1, -0.05) is 18.2 Å². The molecule has 18 heavy (non-hydrogen) atoms. The SMILES string of the molecule is CC(CO)N(C)c1nc2ccccc2cc1C=O. The molecular weight excluding hydrogens is 228 g/mol. The maximum Gasteiger partial charge on any atom is 0.153 e. The van der Waals surface area contributed by atoms with Gasteiger partial charge >= 0.3 is 0 Å². The highest BCUT2D eigenvalue weighted by atomic mass is 16.3. The number of likely N-dealkylation sites (N-methyl/N-ethyl adjacent to an activating group) is 1. The van der Waals surface area contributed by atoms with Crippen LogP contribution in [0.4, 0.5) is 5.82 Å². The molecule has 0 aliphatic rings. The van der Waals surface area contributed by atoms with Gasteiger partial charge in [-0.25, -0.2) is 4.98 Å². The van der Waals surface area contributed by atoms with Crippen LogP contribution in [0.5, 0.6) is 0 Å². The second kappa shape index (κ2) is 5.14. The van der Waals surface area contributed by atoms with Crippen molar-refractivity contribution in [3.8, 4) is 0 Å². The molecule has 1 unspecified atom stereocenters. The van der Waals surface area contributed by atoms with Gasteiger partial charge in [0.15, 0.2) is 6.29 Å². The predicted molar refractivity (Wildman–Crippen MR) is 72.1 cm³/mol. The lowest BCUT2D eigenvalue weighted by Crippen LogP contribution is -2.33. The van der Waals surface area contributed by atoms with E-state index in [-0.39, 0.29) is 12.6 Å². The van der Waals surface area contributed by atoms with E-state index in [4.69, 9.17) is 0 Å². The van der Waals surface area contributed by atoms with Crippen molar-refractivity contribution in [2.45, 2.75) is 13.0 Å². The highest BCUT2D eigenvalue weighted by Gasteiger charge is 2.15. The number of aliphatic hydroxyl groups is 1. The van der Waals surface area contributed by atoms with Gasteiger partial charge in [-0.05, 0) is 19.1 Å². The molecule has 0 saturated heterocycles. The number of hydrogen-bond acceptors (Lipinski definition) is 4. The Hall–Kier alpha value is -1.94. The standard InChI is InChI=1S/C14H16N2O2/c1-10(8-17)16(2)14-12(9-18)7-11-5-3-4-6-13(11)15-14/h3-7,9-10,17H,8H2,1-2H3. The molecule has 1 aromatic carbocycles. The largest absolute Gasteiger partial charge is 0.394 e. The number of carbonyl (C=O) groups excluding carboxylic acids is 1. The number of hydrogen-bond donors (Lipinski definition) is 1. The summed E-state index contributed by atoms with van der Waals surface area (Å²) in [6.07, 6.45) is 0.801. The molecule has 1 atom stereocenters. The molecule has 0 aliphatic carbocycles. The molecule has 4 nitrogen and oxygen atoms in total. The van der Waals surface area contributed by atoms with Gasteiger partial charge in [0.25, 0.3) is 0 Å². The Morgan fingerprint density at radius 2 is 2.17 bits per heavy atom. The minimum absolute atomic E-state index is 0.0172. The predicted octanol–water partition coefficient (Wildman–Crippen LogP) is 1.86. The molecule has 0 spiro atoms. The van der Waals surface area contributed by atoms with Crippen LogP contribution in [0.3, 0.4) is 0 Å². The van der Waals surface area contributed by atoms with Crippen LogP contribution >= 0.6 is 0 Å². The summed E-state index contributed by atoms with van der Waals surface area (Å²) in [4.78, 5) is 17.5. The van der Waals surface area contributed by atoms with E-state index in [1.165, 1.54) is 0 Å². The summed E-state index contributed by atoms with van der Waals surface area (Å²) in [5.41, 5.74) is 1.38. The zero-order valence-corrected chi connectivity index (χ0v) is 10.5. The maximum absolute atomic E-state index is 11.2. The quantitative estimate of drug-likeness (QED) is 0.834. The Kier molecular flexibility index (Phi) is 3.58. The number of rotatable bonds is 4. The molecular formula is C14H16N2O2.